The van der Waals surface area contributed by atoms with Crippen LogP contribution in [0.3, 0.4) is 0 Å². The van der Waals surface area contributed by atoms with Crippen LogP contribution in [0.15, 0.2) is 71.6 Å². The highest BCUT2D eigenvalue weighted by Gasteiger charge is 2.24. The Hall–Kier alpha value is -3.59. The average Bonchev–Trinajstić information content (AvgIpc) is 2.70. The van der Waals surface area contributed by atoms with E-state index in [4.69, 9.17) is 0 Å². The highest BCUT2D eigenvalue weighted by atomic mass is 79.9. The van der Waals surface area contributed by atoms with Crippen LogP contribution < -0.4 is 10.6 Å². The maximum absolute atomic E-state index is 11.8. The van der Waals surface area contributed by atoms with E-state index >= 15 is 0 Å². The van der Waals surface area contributed by atoms with Crippen molar-refractivity contribution >= 4 is 55.5 Å². The molecule has 0 spiro atoms. The summed E-state index contributed by atoms with van der Waals surface area (Å²) >= 11 is 3.36. The molecule has 0 fully saturated rings. The van der Waals surface area contributed by atoms with E-state index in [1.807, 2.05) is 36.4 Å². The number of aromatic nitrogens is 3. The topological polar surface area (TPSA) is 106 Å². The van der Waals surface area contributed by atoms with Crippen molar-refractivity contribution < 1.29 is 4.92 Å². The number of para-hydroxylation sites is 1. The normalized spacial score (nSPS) is 10.6. The lowest BCUT2D eigenvalue weighted by molar-refractivity contribution is -0.383. The average molecular weight is 437 g/mol. The van der Waals surface area contributed by atoms with Crippen LogP contribution in [0, 0.1) is 10.1 Å². The van der Waals surface area contributed by atoms with E-state index in [0.717, 1.165) is 9.86 Å². The molecule has 2 aromatic heterocycles. The number of halogens is 1. The number of benzene rings is 2. The molecule has 0 atom stereocenters. The number of anilines is 4. The number of nitrogens with one attached hydrogen (secondary N) is 2. The zero-order chi connectivity index (χ0) is 19.5. The molecule has 0 saturated heterocycles. The van der Waals surface area contributed by atoms with Crippen LogP contribution in [0.5, 0.6) is 0 Å². The quantitative estimate of drug-likeness (QED) is 0.327. The predicted molar refractivity (Wildman–Crippen MR) is 111 cm³/mol. The van der Waals surface area contributed by atoms with Crippen LogP contribution in [-0.4, -0.2) is 19.9 Å². The minimum atomic E-state index is -0.512. The van der Waals surface area contributed by atoms with E-state index in [0.29, 0.717) is 16.9 Å². The summed E-state index contributed by atoms with van der Waals surface area (Å²) in [5.74, 6) is 0.177. The number of fused-ring (bicyclic) bond motifs is 1. The third-order valence-corrected chi connectivity index (χ3v) is 4.53. The Morgan fingerprint density at radius 2 is 1.61 bits per heavy atom. The molecule has 9 heteroatoms. The molecule has 0 saturated carbocycles. The second-order valence-electron chi connectivity index (χ2n) is 5.81. The van der Waals surface area contributed by atoms with E-state index in [2.05, 4.69) is 41.5 Å². The van der Waals surface area contributed by atoms with Gasteiger partial charge in [0.05, 0.1) is 16.1 Å². The maximum atomic E-state index is 11.8. The van der Waals surface area contributed by atoms with Gasteiger partial charge in [-0.15, -0.1) is 0 Å². The number of hydrogen-bond acceptors (Lipinski definition) is 7. The van der Waals surface area contributed by atoms with Gasteiger partial charge in [0.25, 0.3) is 0 Å². The summed E-state index contributed by atoms with van der Waals surface area (Å²) in [5.41, 5.74) is 1.73. The van der Waals surface area contributed by atoms with E-state index in [9.17, 15) is 10.1 Å². The van der Waals surface area contributed by atoms with Crippen molar-refractivity contribution in [2.75, 3.05) is 10.6 Å². The van der Waals surface area contributed by atoms with Crippen LogP contribution >= 0.6 is 15.9 Å². The van der Waals surface area contributed by atoms with Crippen molar-refractivity contribution in [3.8, 4) is 0 Å². The molecular weight excluding hydrogens is 424 g/mol. The molecule has 2 heterocycles. The minimum absolute atomic E-state index is 0.0813. The van der Waals surface area contributed by atoms with Gasteiger partial charge in [-0.05, 0) is 36.4 Å². The fraction of sp³-hybridized carbons (Fsp3) is 0. The molecule has 0 aliphatic rings. The first-order valence-electron chi connectivity index (χ1n) is 8.24. The molecular formula is C19H13BrN6O2. The Kier molecular flexibility index (Phi) is 4.81. The van der Waals surface area contributed by atoms with Gasteiger partial charge in [-0.2, -0.15) is 0 Å². The highest BCUT2D eigenvalue weighted by Crippen LogP contribution is 2.34. The zero-order valence-electron chi connectivity index (χ0n) is 14.3. The van der Waals surface area contributed by atoms with Crippen molar-refractivity contribution in [2.24, 2.45) is 0 Å². The monoisotopic (exact) mass is 436 g/mol. The largest absolute Gasteiger partial charge is 0.353 e. The Morgan fingerprint density at radius 1 is 0.893 bits per heavy atom. The van der Waals surface area contributed by atoms with Crippen molar-refractivity contribution in [1.82, 2.24) is 15.0 Å². The van der Waals surface area contributed by atoms with Crippen LogP contribution in [-0.2, 0) is 0 Å². The molecule has 0 radical (unpaired) electrons. The fourth-order valence-corrected chi connectivity index (χ4v) is 3.00. The smallest absolute Gasteiger partial charge is 0.334 e. The Morgan fingerprint density at radius 3 is 2.36 bits per heavy atom. The summed E-state index contributed by atoms with van der Waals surface area (Å²) < 4.78 is 0.904. The Bertz CT molecular complexity index is 1160. The first-order chi connectivity index (χ1) is 13.6. The van der Waals surface area contributed by atoms with E-state index in [-0.39, 0.29) is 17.3 Å². The van der Waals surface area contributed by atoms with Crippen molar-refractivity contribution in [1.29, 1.82) is 0 Å². The SMILES string of the molecule is O=[N+]([O-])c1c(Nc2ccc(Br)cc2)ncnc1Nc1cccc2cccnc12. The third kappa shape index (κ3) is 3.60. The van der Waals surface area contributed by atoms with Gasteiger partial charge < -0.3 is 10.6 Å². The molecule has 138 valence electrons. The lowest BCUT2D eigenvalue weighted by Gasteiger charge is -2.11. The molecule has 0 aliphatic carbocycles. The van der Waals surface area contributed by atoms with Crippen LogP contribution in [0.2, 0.25) is 0 Å². The van der Waals surface area contributed by atoms with E-state index < -0.39 is 4.92 Å². The summed E-state index contributed by atoms with van der Waals surface area (Å²) in [6, 6.07) is 16.6. The van der Waals surface area contributed by atoms with Gasteiger partial charge >= 0.3 is 5.69 Å². The maximum Gasteiger partial charge on any atom is 0.353 e. The van der Waals surface area contributed by atoms with Crippen LogP contribution in [0.1, 0.15) is 0 Å². The fourth-order valence-electron chi connectivity index (χ4n) is 2.74. The molecule has 0 aliphatic heterocycles. The highest BCUT2D eigenvalue weighted by molar-refractivity contribution is 9.10. The number of rotatable bonds is 5. The molecule has 28 heavy (non-hydrogen) atoms. The molecule has 2 aromatic carbocycles. The first kappa shape index (κ1) is 17.8. The van der Waals surface area contributed by atoms with Gasteiger partial charge in [0.1, 0.15) is 6.33 Å². The number of pyridine rings is 1. The molecule has 4 rings (SSSR count). The second-order valence-corrected chi connectivity index (χ2v) is 6.73. The van der Waals surface area contributed by atoms with E-state index in [1.165, 1.54) is 6.33 Å². The predicted octanol–water partition coefficient (Wildman–Crippen LogP) is 5.18. The van der Waals surface area contributed by atoms with Crippen molar-refractivity contribution in [3.63, 3.8) is 0 Å². The number of nitro groups is 1. The molecule has 0 bridgehead atoms. The van der Waals surface area contributed by atoms with E-state index in [1.54, 1.807) is 24.4 Å². The lowest BCUT2D eigenvalue weighted by Crippen LogP contribution is -2.05. The third-order valence-electron chi connectivity index (χ3n) is 4.00. The molecule has 0 unspecified atom stereocenters. The van der Waals surface area contributed by atoms with Crippen molar-refractivity contribution in [3.05, 3.63) is 81.7 Å². The Labute approximate surface area is 168 Å². The standard InChI is InChI=1S/C19H13BrN6O2/c20-13-6-8-14(9-7-13)24-18-17(26(27)28)19(23-11-22-18)25-15-5-1-3-12-4-2-10-21-16(12)15/h1-11H,(H2,22,23,24,25). The Balaban J connectivity index is 1.74. The lowest BCUT2D eigenvalue weighted by atomic mass is 10.2. The number of hydrogen-bond donors (Lipinski definition) is 2. The van der Waals surface area contributed by atoms with Gasteiger partial charge in [-0.25, -0.2) is 9.97 Å². The molecule has 2 N–H and O–H groups in total. The minimum Gasteiger partial charge on any atom is -0.334 e. The zero-order valence-corrected chi connectivity index (χ0v) is 15.9. The molecule has 0 amide bonds. The second kappa shape index (κ2) is 7.57. The first-order valence-corrected chi connectivity index (χ1v) is 9.04. The van der Waals surface area contributed by atoms with Crippen LogP contribution in [0.4, 0.5) is 28.7 Å². The van der Waals surface area contributed by atoms with Gasteiger partial charge in [-0.3, -0.25) is 15.1 Å². The molecule has 4 aromatic rings. The summed E-state index contributed by atoms with van der Waals surface area (Å²) in [6.07, 6.45) is 2.94. The molecule has 8 nitrogen and oxygen atoms in total. The van der Waals surface area contributed by atoms with Gasteiger partial charge in [0.15, 0.2) is 0 Å². The van der Waals surface area contributed by atoms with Gasteiger partial charge in [-0.1, -0.05) is 34.1 Å². The summed E-state index contributed by atoms with van der Waals surface area (Å²) in [7, 11) is 0. The summed E-state index contributed by atoms with van der Waals surface area (Å²) in [6.45, 7) is 0. The number of nitrogens with zero attached hydrogens (tertiary/aromatic N) is 4. The van der Waals surface area contributed by atoms with Gasteiger partial charge in [0.2, 0.25) is 11.6 Å². The summed E-state index contributed by atoms with van der Waals surface area (Å²) in [5, 5.41) is 18.7. The van der Waals surface area contributed by atoms with Gasteiger partial charge in [0, 0.05) is 21.7 Å². The van der Waals surface area contributed by atoms with Crippen molar-refractivity contribution in [2.45, 2.75) is 0 Å². The summed E-state index contributed by atoms with van der Waals surface area (Å²) in [4.78, 5) is 23.7. The van der Waals surface area contributed by atoms with Crippen LogP contribution in [0.25, 0.3) is 10.9 Å².